The third-order valence-corrected chi connectivity index (χ3v) is 9.05. The van der Waals surface area contributed by atoms with Crippen LogP contribution in [-0.2, 0) is 30.7 Å². The topological polar surface area (TPSA) is 69.3 Å². The first-order chi connectivity index (χ1) is 22.1. The highest BCUT2D eigenvalue weighted by atomic mass is 16.5. The quantitative estimate of drug-likeness (QED) is 0.207. The summed E-state index contributed by atoms with van der Waals surface area (Å²) in [6, 6.07) is 28.9. The number of methoxy groups -OCH3 is 3. The van der Waals surface area contributed by atoms with Gasteiger partial charge in [0.05, 0.1) is 33.9 Å². The number of hydrogen-bond donors (Lipinski definition) is 1. The molecular formula is C38H42N2O5. The van der Waals surface area contributed by atoms with Gasteiger partial charge in [0.1, 0.15) is 6.61 Å². The van der Waals surface area contributed by atoms with E-state index in [0.29, 0.717) is 36.8 Å². The van der Waals surface area contributed by atoms with Crippen LogP contribution >= 0.6 is 0 Å². The zero-order valence-electron chi connectivity index (χ0n) is 26.4. The van der Waals surface area contributed by atoms with Crippen molar-refractivity contribution in [1.29, 1.82) is 0 Å². The fourth-order valence-electron chi connectivity index (χ4n) is 6.77. The first-order valence-electron chi connectivity index (χ1n) is 15.8. The van der Waals surface area contributed by atoms with Crippen LogP contribution in [0.3, 0.4) is 0 Å². The Bertz CT molecular complexity index is 1620. The van der Waals surface area contributed by atoms with Crippen LogP contribution in [-0.4, -0.2) is 45.2 Å². The van der Waals surface area contributed by atoms with Gasteiger partial charge in [-0.2, -0.15) is 0 Å². The van der Waals surface area contributed by atoms with Crippen LogP contribution in [0.2, 0.25) is 0 Å². The largest absolute Gasteiger partial charge is 0.493 e. The molecular weight excluding hydrogens is 564 g/mol. The van der Waals surface area contributed by atoms with Crippen molar-refractivity contribution in [3.05, 3.63) is 118 Å². The molecule has 2 unspecified atom stereocenters. The van der Waals surface area contributed by atoms with Crippen molar-refractivity contribution in [1.82, 2.24) is 10.2 Å². The Morgan fingerprint density at radius 3 is 2.31 bits per heavy atom. The average molecular weight is 607 g/mol. The van der Waals surface area contributed by atoms with Gasteiger partial charge in [0.2, 0.25) is 5.91 Å². The fraction of sp³-hybridized carbons (Fsp3) is 0.342. The number of rotatable bonds is 11. The number of benzene rings is 4. The lowest BCUT2D eigenvalue weighted by atomic mass is 9.92. The normalized spacial score (nSPS) is 17.5. The molecule has 45 heavy (non-hydrogen) atoms. The SMILES string of the molecule is COc1ccc(CC2c3cc(OCc4ccccc4)c(OC)cc3CCCN2CC(=O)NC2CCc3ccccc32)cc1OC. The summed E-state index contributed by atoms with van der Waals surface area (Å²) in [5.41, 5.74) is 7.13. The van der Waals surface area contributed by atoms with E-state index >= 15 is 0 Å². The maximum Gasteiger partial charge on any atom is 0.234 e. The third kappa shape index (κ3) is 6.94. The summed E-state index contributed by atoms with van der Waals surface area (Å²) >= 11 is 0. The predicted molar refractivity (Wildman–Crippen MR) is 175 cm³/mol. The molecule has 0 saturated carbocycles. The van der Waals surface area contributed by atoms with Gasteiger partial charge in [0.25, 0.3) is 0 Å². The molecule has 4 aromatic rings. The van der Waals surface area contributed by atoms with E-state index in [1.54, 1.807) is 21.3 Å². The van der Waals surface area contributed by atoms with Gasteiger partial charge in [-0.3, -0.25) is 9.69 Å². The molecule has 2 aliphatic rings. The molecule has 7 heteroatoms. The van der Waals surface area contributed by atoms with E-state index in [2.05, 4.69) is 64.8 Å². The summed E-state index contributed by atoms with van der Waals surface area (Å²) < 4.78 is 23.3. The minimum atomic E-state index is -0.0628. The molecule has 0 spiro atoms. The number of nitrogens with one attached hydrogen (secondary N) is 1. The van der Waals surface area contributed by atoms with Crippen molar-refractivity contribution in [2.45, 2.75) is 50.8 Å². The Balaban J connectivity index is 1.31. The fourth-order valence-corrected chi connectivity index (χ4v) is 6.77. The Morgan fingerprint density at radius 1 is 0.756 bits per heavy atom. The molecule has 0 radical (unpaired) electrons. The van der Waals surface area contributed by atoms with E-state index < -0.39 is 0 Å². The second-order valence-corrected chi connectivity index (χ2v) is 11.8. The Kier molecular flexibility index (Phi) is 9.55. The molecule has 0 fully saturated rings. The molecule has 1 aliphatic carbocycles. The first kappa shape index (κ1) is 30.5. The number of nitrogens with zero attached hydrogens (tertiary/aromatic N) is 1. The maximum absolute atomic E-state index is 13.7. The van der Waals surface area contributed by atoms with E-state index in [-0.39, 0.29) is 18.0 Å². The average Bonchev–Trinajstić information content (AvgIpc) is 3.40. The van der Waals surface area contributed by atoms with Crippen molar-refractivity contribution in [2.24, 2.45) is 0 Å². The maximum atomic E-state index is 13.7. The first-order valence-corrected chi connectivity index (χ1v) is 15.8. The number of fused-ring (bicyclic) bond motifs is 2. The van der Waals surface area contributed by atoms with Crippen LogP contribution in [0.5, 0.6) is 23.0 Å². The van der Waals surface area contributed by atoms with Crippen LogP contribution in [0.4, 0.5) is 0 Å². The smallest absolute Gasteiger partial charge is 0.234 e. The van der Waals surface area contributed by atoms with Crippen molar-refractivity contribution in [3.8, 4) is 23.0 Å². The van der Waals surface area contributed by atoms with Gasteiger partial charge in [-0.25, -0.2) is 0 Å². The van der Waals surface area contributed by atoms with Gasteiger partial charge in [-0.05, 0) is 96.3 Å². The standard InChI is InChI=1S/C38H42N2O5/c1-42-34-18-15-27(21-35(34)43-2)20-33-31-23-37(45-25-26-10-5-4-6-11-26)36(44-3)22-29(31)13-9-19-40(33)24-38(41)39-32-17-16-28-12-7-8-14-30(28)32/h4-8,10-12,14-15,18,21-23,32-33H,9,13,16-17,19-20,24-25H2,1-3H3,(H,39,41). The van der Waals surface area contributed by atoms with Crippen molar-refractivity contribution < 1.29 is 23.7 Å². The number of carbonyl (C=O) groups excluding carboxylic acids is 1. The number of ether oxygens (including phenoxy) is 4. The highest BCUT2D eigenvalue weighted by Crippen LogP contribution is 2.40. The molecule has 2 atom stereocenters. The third-order valence-electron chi connectivity index (χ3n) is 9.05. The minimum absolute atomic E-state index is 0.0477. The zero-order valence-corrected chi connectivity index (χ0v) is 26.4. The summed E-state index contributed by atoms with van der Waals surface area (Å²) in [4.78, 5) is 16.0. The zero-order chi connectivity index (χ0) is 31.2. The molecule has 6 rings (SSSR count). The van der Waals surface area contributed by atoms with Gasteiger partial charge < -0.3 is 24.3 Å². The van der Waals surface area contributed by atoms with Gasteiger partial charge in [0, 0.05) is 6.04 Å². The highest BCUT2D eigenvalue weighted by Gasteiger charge is 2.31. The molecule has 1 N–H and O–H groups in total. The minimum Gasteiger partial charge on any atom is -0.493 e. The van der Waals surface area contributed by atoms with Crippen molar-refractivity contribution >= 4 is 5.91 Å². The lowest BCUT2D eigenvalue weighted by molar-refractivity contribution is -0.123. The Morgan fingerprint density at radius 2 is 1.51 bits per heavy atom. The molecule has 1 heterocycles. The number of hydrogen-bond acceptors (Lipinski definition) is 6. The van der Waals surface area contributed by atoms with Gasteiger partial charge >= 0.3 is 0 Å². The summed E-state index contributed by atoms with van der Waals surface area (Å²) in [5, 5.41) is 3.35. The van der Waals surface area contributed by atoms with E-state index in [0.717, 1.165) is 54.7 Å². The van der Waals surface area contributed by atoms with Crippen LogP contribution < -0.4 is 24.3 Å². The highest BCUT2D eigenvalue weighted by molar-refractivity contribution is 5.79. The van der Waals surface area contributed by atoms with Crippen molar-refractivity contribution in [2.75, 3.05) is 34.4 Å². The summed E-state index contributed by atoms with van der Waals surface area (Å²) in [7, 11) is 4.99. The second-order valence-electron chi connectivity index (χ2n) is 11.8. The van der Waals surface area contributed by atoms with Gasteiger partial charge in [-0.15, -0.1) is 0 Å². The van der Waals surface area contributed by atoms with Crippen LogP contribution in [0.15, 0.2) is 84.9 Å². The lowest BCUT2D eigenvalue weighted by Gasteiger charge is -2.32. The van der Waals surface area contributed by atoms with Crippen LogP contribution in [0, 0.1) is 0 Å². The van der Waals surface area contributed by atoms with Crippen molar-refractivity contribution in [3.63, 3.8) is 0 Å². The molecule has 1 aliphatic heterocycles. The molecule has 0 bridgehead atoms. The monoisotopic (exact) mass is 606 g/mol. The summed E-state index contributed by atoms with van der Waals surface area (Å²) in [6.45, 7) is 1.54. The molecule has 0 saturated heterocycles. The van der Waals surface area contributed by atoms with Gasteiger partial charge in [-0.1, -0.05) is 60.7 Å². The van der Waals surface area contributed by atoms with E-state index in [4.69, 9.17) is 18.9 Å². The van der Waals surface area contributed by atoms with E-state index in [1.807, 2.05) is 30.3 Å². The second kappa shape index (κ2) is 14.1. The lowest BCUT2D eigenvalue weighted by Crippen LogP contribution is -2.41. The van der Waals surface area contributed by atoms with E-state index in [1.165, 1.54) is 16.7 Å². The van der Waals surface area contributed by atoms with E-state index in [9.17, 15) is 4.79 Å². The Labute approximate surface area is 266 Å². The van der Waals surface area contributed by atoms with Gasteiger partial charge in [0.15, 0.2) is 23.0 Å². The molecule has 0 aromatic heterocycles. The molecule has 234 valence electrons. The number of carbonyl (C=O) groups is 1. The van der Waals surface area contributed by atoms with Crippen LogP contribution in [0.25, 0.3) is 0 Å². The number of amides is 1. The molecule has 7 nitrogen and oxygen atoms in total. The van der Waals surface area contributed by atoms with Crippen LogP contribution in [0.1, 0.15) is 58.3 Å². The molecule has 4 aromatic carbocycles. The molecule has 1 amide bonds. The summed E-state index contributed by atoms with van der Waals surface area (Å²) in [6.07, 6.45) is 4.44. The Hall–Kier alpha value is -4.49. The number of aryl methyl sites for hydroxylation is 2. The summed E-state index contributed by atoms with van der Waals surface area (Å²) in [5.74, 6) is 2.85. The predicted octanol–water partition coefficient (Wildman–Crippen LogP) is 6.63.